The Kier molecular flexibility index (Phi) is 5.41. The summed E-state index contributed by atoms with van der Waals surface area (Å²) in [6, 6.07) is 16.7. The Labute approximate surface area is 160 Å². The standard InChI is InChI=1S/C22H27N3O2/c26-21(16-24-11-9-17-5-1-3-7-19(17)14-24)13-23-22(27)25-12-10-18-6-2-4-8-20(18)15-25/h1-8,21,26H,9-16H2,(H,23,27)/t21-/m0/s1. The van der Waals surface area contributed by atoms with Gasteiger partial charge in [0, 0.05) is 39.3 Å². The Morgan fingerprint density at radius 3 is 2.22 bits per heavy atom. The number of carbonyl (C=O) groups excluding carboxylic acids is 1. The lowest BCUT2D eigenvalue weighted by Crippen LogP contribution is -2.47. The molecule has 2 N–H and O–H groups in total. The minimum absolute atomic E-state index is 0.0902. The number of urea groups is 1. The van der Waals surface area contributed by atoms with Gasteiger partial charge in [0.1, 0.15) is 0 Å². The van der Waals surface area contributed by atoms with Gasteiger partial charge in [0.25, 0.3) is 0 Å². The molecule has 0 radical (unpaired) electrons. The largest absolute Gasteiger partial charge is 0.390 e. The van der Waals surface area contributed by atoms with Crippen molar-refractivity contribution in [2.45, 2.75) is 32.0 Å². The second-order valence-corrected chi connectivity index (χ2v) is 7.53. The summed E-state index contributed by atoms with van der Waals surface area (Å²) in [5, 5.41) is 13.3. The van der Waals surface area contributed by atoms with Crippen LogP contribution < -0.4 is 5.32 Å². The van der Waals surface area contributed by atoms with Crippen LogP contribution in [-0.2, 0) is 25.9 Å². The van der Waals surface area contributed by atoms with Gasteiger partial charge in [-0.2, -0.15) is 0 Å². The summed E-state index contributed by atoms with van der Waals surface area (Å²) < 4.78 is 0. The molecule has 5 nitrogen and oxygen atoms in total. The molecule has 0 saturated carbocycles. The van der Waals surface area contributed by atoms with Crippen molar-refractivity contribution in [2.75, 3.05) is 26.2 Å². The maximum Gasteiger partial charge on any atom is 0.317 e. The second-order valence-electron chi connectivity index (χ2n) is 7.53. The molecule has 2 amide bonds. The lowest BCUT2D eigenvalue weighted by atomic mass is 10.00. The maximum atomic E-state index is 12.5. The molecule has 0 saturated heterocycles. The highest BCUT2D eigenvalue weighted by Gasteiger charge is 2.22. The van der Waals surface area contributed by atoms with Gasteiger partial charge in [0.2, 0.25) is 0 Å². The highest BCUT2D eigenvalue weighted by atomic mass is 16.3. The SMILES string of the molecule is O=C(NC[C@H](O)CN1CCc2ccccc2C1)N1CCc2ccccc2C1. The van der Waals surface area contributed by atoms with E-state index in [0.29, 0.717) is 13.1 Å². The van der Waals surface area contributed by atoms with Crippen LogP contribution in [0, 0.1) is 0 Å². The van der Waals surface area contributed by atoms with Crippen molar-refractivity contribution in [3.8, 4) is 0 Å². The van der Waals surface area contributed by atoms with Crippen molar-refractivity contribution in [1.29, 1.82) is 0 Å². The second kappa shape index (κ2) is 8.11. The number of aliphatic hydroxyl groups excluding tert-OH is 1. The van der Waals surface area contributed by atoms with E-state index in [1.54, 1.807) is 0 Å². The summed E-state index contributed by atoms with van der Waals surface area (Å²) >= 11 is 0. The number of hydrogen-bond donors (Lipinski definition) is 2. The zero-order valence-corrected chi connectivity index (χ0v) is 15.6. The van der Waals surface area contributed by atoms with Crippen molar-refractivity contribution < 1.29 is 9.90 Å². The van der Waals surface area contributed by atoms with Gasteiger partial charge in [-0.3, -0.25) is 4.90 Å². The van der Waals surface area contributed by atoms with Crippen molar-refractivity contribution >= 4 is 6.03 Å². The van der Waals surface area contributed by atoms with E-state index < -0.39 is 6.10 Å². The van der Waals surface area contributed by atoms with Crippen molar-refractivity contribution in [3.05, 3.63) is 70.8 Å². The Bertz CT molecular complexity index is 808. The summed E-state index contributed by atoms with van der Waals surface area (Å²) in [6.07, 6.45) is 1.35. The zero-order valence-electron chi connectivity index (χ0n) is 15.6. The highest BCUT2D eigenvalue weighted by Crippen LogP contribution is 2.19. The number of benzene rings is 2. The zero-order chi connectivity index (χ0) is 18.6. The normalized spacial score (nSPS) is 17.7. The Balaban J connectivity index is 1.24. The van der Waals surface area contributed by atoms with Crippen LogP contribution in [0.15, 0.2) is 48.5 Å². The number of amides is 2. The van der Waals surface area contributed by atoms with Gasteiger partial charge in [0.05, 0.1) is 6.10 Å². The molecular formula is C22H27N3O2. The Hall–Kier alpha value is -2.37. The summed E-state index contributed by atoms with van der Waals surface area (Å²) in [5.41, 5.74) is 5.28. The lowest BCUT2D eigenvalue weighted by Gasteiger charge is -2.31. The number of carbonyl (C=O) groups is 1. The predicted octanol–water partition coefficient (Wildman–Crippen LogP) is 2.17. The van der Waals surface area contributed by atoms with Crippen LogP contribution in [0.5, 0.6) is 0 Å². The smallest absolute Gasteiger partial charge is 0.317 e. The van der Waals surface area contributed by atoms with Gasteiger partial charge in [-0.1, -0.05) is 48.5 Å². The van der Waals surface area contributed by atoms with E-state index in [0.717, 1.165) is 32.5 Å². The van der Waals surface area contributed by atoms with Gasteiger partial charge >= 0.3 is 6.03 Å². The van der Waals surface area contributed by atoms with E-state index in [9.17, 15) is 9.90 Å². The molecule has 2 aliphatic rings. The molecule has 0 spiro atoms. The lowest BCUT2D eigenvalue weighted by molar-refractivity contribution is 0.103. The topological polar surface area (TPSA) is 55.8 Å². The molecule has 2 aromatic rings. The molecule has 0 fully saturated rings. The predicted molar refractivity (Wildman–Crippen MR) is 105 cm³/mol. The molecule has 0 aliphatic carbocycles. The quantitative estimate of drug-likeness (QED) is 0.873. The number of hydrogen-bond acceptors (Lipinski definition) is 3. The Morgan fingerprint density at radius 1 is 0.926 bits per heavy atom. The molecule has 4 rings (SSSR count). The van der Waals surface area contributed by atoms with E-state index in [2.05, 4.69) is 46.6 Å². The number of nitrogens with one attached hydrogen (secondary N) is 1. The van der Waals surface area contributed by atoms with E-state index in [4.69, 9.17) is 0 Å². The van der Waals surface area contributed by atoms with Crippen molar-refractivity contribution in [2.24, 2.45) is 0 Å². The van der Waals surface area contributed by atoms with Gasteiger partial charge in [-0.15, -0.1) is 0 Å². The van der Waals surface area contributed by atoms with E-state index >= 15 is 0 Å². The monoisotopic (exact) mass is 365 g/mol. The summed E-state index contributed by atoms with van der Waals surface area (Å²) in [6.45, 7) is 4.05. The first kappa shape index (κ1) is 18.0. The van der Waals surface area contributed by atoms with Gasteiger partial charge in [-0.05, 0) is 35.1 Å². The van der Waals surface area contributed by atoms with Gasteiger partial charge in [0.15, 0.2) is 0 Å². The van der Waals surface area contributed by atoms with Crippen molar-refractivity contribution in [1.82, 2.24) is 15.1 Å². The fourth-order valence-corrected chi connectivity index (χ4v) is 4.06. The summed E-state index contributed by atoms with van der Waals surface area (Å²) in [4.78, 5) is 16.5. The first-order valence-electron chi connectivity index (χ1n) is 9.76. The maximum absolute atomic E-state index is 12.5. The van der Waals surface area contributed by atoms with Gasteiger partial charge in [-0.25, -0.2) is 4.79 Å². The fourth-order valence-electron chi connectivity index (χ4n) is 4.06. The summed E-state index contributed by atoms with van der Waals surface area (Å²) in [7, 11) is 0. The van der Waals surface area contributed by atoms with Crippen LogP contribution >= 0.6 is 0 Å². The molecule has 5 heteroatoms. The molecule has 27 heavy (non-hydrogen) atoms. The molecule has 142 valence electrons. The average molecular weight is 365 g/mol. The average Bonchev–Trinajstić information content (AvgIpc) is 2.71. The molecule has 2 heterocycles. The highest BCUT2D eigenvalue weighted by molar-refractivity contribution is 5.74. The van der Waals surface area contributed by atoms with Crippen LogP contribution in [0.2, 0.25) is 0 Å². The molecular weight excluding hydrogens is 338 g/mol. The van der Waals surface area contributed by atoms with Crippen LogP contribution in [-0.4, -0.2) is 53.2 Å². The number of nitrogens with zero attached hydrogens (tertiary/aromatic N) is 2. The third-order valence-electron chi connectivity index (χ3n) is 5.59. The van der Waals surface area contributed by atoms with Gasteiger partial charge < -0.3 is 15.3 Å². The molecule has 2 aromatic carbocycles. The van der Waals surface area contributed by atoms with Crippen LogP contribution in [0.3, 0.4) is 0 Å². The Morgan fingerprint density at radius 2 is 1.52 bits per heavy atom. The van der Waals surface area contributed by atoms with Crippen LogP contribution in [0.25, 0.3) is 0 Å². The fraction of sp³-hybridized carbons (Fsp3) is 0.409. The van der Waals surface area contributed by atoms with E-state index in [1.165, 1.54) is 22.3 Å². The number of aliphatic hydroxyl groups is 1. The number of β-amino-alcohol motifs (C(OH)–C–C–N with tert-alkyl or cyclic N) is 1. The summed E-state index contributed by atoms with van der Waals surface area (Å²) in [5.74, 6) is 0. The third kappa shape index (κ3) is 4.31. The molecule has 2 aliphatic heterocycles. The van der Waals surface area contributed by atoms with Crippen LogP contribution in [0.4, 0.5) is 4.79 Å². The third-order valence-corrected chi connectivity index (χ3v) is 5.59. The molecule has 0 bridgehead atoms. The van der Waals surface area contributed by atoms with E-state index in [-0.39, 0.29) is 12.6 Å². The first-order chi connectivity index (χ1) is 13.2. The first-order valence-corrected chi connectivity index (χ1v) is 9.76. The number of fused-ring (bicyclic) bond motifs is 2. The molecule has 0 aromatic heterocycles. The van der Waals surface area contributed by atoms with Crippen molar-refractivity contribution in [3.63, 3.8) is 0 Å². The minimum atomic E-state index is -0.559. The van der Waals surface area contributed by atoms with Crippen LogP contribution in [0.1, 0.15) is 22.3 Å². The van der Waals surface area contributed by atoms with E-state index in [1.807, 2.05) is 17.0 Å². The number of rotatable bonds is 4. The molecule has 0 unspecified atom stereocenters. The minimum Gasteiger partial charge on any atom is -0.390 e. The molecule has 1 atom stereocenters.